The highest BCUT2D eigenvalue weighted by atomic mass is 35.5. The molecule has 0 saturated carbocycles. The van der Waals surface area contributed by atoms with Crippen LogP contribution in [0, 0.1) is 13.8 Å². The van der Waals surface area contributed by atoms with Crippen LogP contribution >= 0.6 is 34.5 Å². The molecule has 6 heteroatoms. The molecule has 3 aromatic rings. The van der Waals surface area contributed by atoms with Gasteiger partial charge in [0.25, 0.3) is 0 Å². The number of nitrogens with two attached hydrogens (primary N) is 1. The van der Waals surface area contributed by atoms with Gasteiger partial charge in [-0.25, -0.2) is 0 Å². The highest BCUT2D eigenvalue weighted by Crippen LogP contribution is 2.41. The van der Waals surface area contributed by atoms with Gasteiger partial charge in [-0.3, -0.25) is 0 Å². The minimum Gasteiger partial charge on any atom is -0.380 e. The predicted octanol–water partition coefficient (Wildman–Crippen LogP) is 5.58. The molecule has 0 aliphatic heterocycles. The third kappa shape index (κ3) is 2.55. The second-order valence-electron chi connectivity index (χ2n) is 4.75. The van der Waals surface area contributed by atoms with Gasteiger partial charge in [0.05, 0.1) is 20.5 Å². The minimum absolute atomic E-state index is 0.340. The number of halogens is 2. The molecule has 3 rings (SSSR count). The van der Waals surface area contributed by atoms with Gasteiger partial charge in [-0.15, -0.1) is 11.3 Å². The fourth-order valence-electron chi connectivity index (χ4n) is 2.09. The van der Waals surface area contributed by atoms with Crippen molar-refractivity contribution in [1.82, 2.24) is 5.16 Å². The van der Waals surface area contributed by atoms with Crippen molar-refractivity contribution in [1.29, 1.82) is 0 Å². The lowest BCUT2D eigenvalue weighted by Gasteiger charge is -2.03. The molecule has 1 aromatic carbocycles. The monoisotopic (exact) mass is 338 g/mol. The molecule has 2 heterocycles. The second-order valence-corrected chi connectivity index (χ2v) is 6.82. The summed E-state index contributed by atoms with van der Waals surface area (Å²) >= 11 is 13.7. The summed E-state index contributed by atoms with van der Waals surface area (Å²) in [6, 6.07) is 7.43. The van der Waals surface area contributed by atoms with E-state index in [1.807, 2.05) is 6.07 Å². The lowest BCUT2D eigenvalue weighted by Crippen LogP contribution is -1.88. The molecule has 21 heavy (non-hydrogen) atoms. The summed E-state index contributed by atoms with van der Waals surface area (Å²) in [6.45, 7) is 4.13. The molecule has 0 unspecified atom stereocenters. The Kier molecular flexibility index (Phi) is 3.69. The van der Waals surface area contributed by atoms with Crippen molar-refractivity contribution in [3.8, 4) is 21.8 Å². The first-order chi connectivity index (χ1) is 9.97. The van der Waals surface area contributed by atoms with E-state index in [9.17, 15) is 0 Å². The van der Waals surface area contributed by atoms with Crippen molar-refractivity contribution in [3.05, 3.63) is 44.8 Å². The Balaban J connectivity index is 2.19. The van der Waals surface area contributed by atoms with Crippen LogP contribution in [0.15, 0.2) is 28.8 Å². The van der Waals surface area contributed by atoms with Crippen molar-refractivity contribution in [2.24, 2.45) is 0 Å². The summed E-state index contributed by atoms with van der Waals surface area (Å²) in [7, 11) is 0. The van der Waals surface area contributed by atoms with Gasteiger partial charge in [0.15, 0.2) is 11.6 Å². The Morgan fingerprint density at radius 3 is 2.52 bits per heavy atom. The van der Waals surface area contributed by atoms with E-state index in [-0.39, 0.29) is 0 Å². The van der Waals surface area contributed by atoms with Crippen LogP contribution in [0.2, 0.25) is 10.0 Å². The van der Waals surface area contributed by atoms with Gasteiger partial charge in [-0.2, -0.15) is 0 Å². The van der Waals surface area contributed by atoms with Crippen molar-refractivity contribution in [2.45, 2.75) is 13.8 Å². The molecule has 108 valence electrons. The first-order valence-electron chi connectivity index (χ1n) is 6.25. The predicted molar refractivity (Wildman–Crippen MR) is 89.2 cm³/mol. The molecule has 0 amide bonds. The molecular formula is C15H12Cl2N2OS. The van der Waals surface area contributed by atoms with Gasteiger partial charge in [0.2, 0.25) is 0 Å². The van der Waals surface area contributed by atoms with Crippen LogP contribution in [0.5, 0.6) is 0 Å². The average Bonchev–Trinajstić information content (AvgIpc) is 2.97. The van der Waals surface area contributed by atoms with E-state index < -0.39 is 0 Å². The summed E-state index contributed by atoms with van der Waals surface area (Å²) < 4.78 is 5.43. The van der Waals surface area contributed by atoms with E-state index in [2.05, 4.69) is 25.1 Å². The highest BCUT2D eigenvalue weighted by Gasteiger charge is 2.20. The maximum Gasteiger partial charge on any atom is 0.186 e. The van der Waals surface area contributed by atoms with Crippen LogP contribution in [0.4, 0.5) is 5.82 Å². The van der Waals surface area contributed by atoms with Crippen LogP contribution < -0.4 is 5.73 Å². The number of aryl methyl sites for hydroxylation is 2. The van der Waals surface area contributed by atoms with Crippen LogP contribution in [-0.2, 0) is 0 Å². The lowest BCUT2D eigenvalue weighted by atomic mass is 10.0. The van der Waals surface area contributed by atoms with E-state index in [0.29, 0.717) is 21.6 Å². The average molecular weight is 339 g/mol. The van der Waals surface area contributed by atoms with Crippen LogP contribution in [0.25, 0.3) is 21.8 Å². The van der Waals surface area contributed by atoms with E-state index in [1.165, 1.54) is 10.4 Å². The minimum atomic E-state index is 0.340. The molecule has 0 atom stereocenters. The summed E-state index contributed by atoms with van der Waals surface area (Å²) in [6.07, 6.45) is 0. The van der Waals surface area contributed by atoms with Crippen LogP contribution in [0.1, 0.15) is 10.4 Å². The molecule has 0 aliphatic rings. The van der Waals surface area contributed by atoms with Gasteiger partial charge in [-0.05, 0) is 43.2 Å². The Labute approximate surface area is 136 Å². The third-order valence-electron chi connectivity index (χ3n) is 3.32. The van der Waals surface area contributed by atoms with Gasteiger partial charge < -0.3 is 10.3 Å². The molecule has 0 spiro atoms. The second kappa shape index (κ2) is 5.37. The van der Waals surface area contributed by atoms with Crippen molar-refractivity contribution in [2.75, 3.05) is 5.73 Å². The smallest absolute Gasteiger partial charge is 0.186 e. The maximum atomic E-state index is 6.09. The molecule has 0 bridgehead atoms. The first kappa shape index (κ1) is 14.4. The SMILES string of the molecule is Cc1cc(-c2onc(N)c2-c2ccc(Cl)c(Cl)c2)sc1C. The number of aromatic nitrogens is 1. The Hall–Kier alpha value is -1.49. The number of thiophene rings is 1. The number of nitrogen functional groups attached to an aromatic ring is 1. The Morgan fingerprint density at radius 1 is 1.14 bits per heavy atom. The van der Waals surface area contributed by atoms with E-state index in [4.69, 9.17) is 33.5 Å². The highest BCUT2D eigenvalue weighted by molar-refractivity contribution is 7.15. The largest absolute Gasteiger partial charge is 0.380 e. The number of nitrogens with zero attached hydrogens (tertiary/aromatic N) is 1. The Morgan fingerprint density at radius 2 is 1.90 bits per heavy atom. The fourth-order valence-corrected chi connectivity index (χ4v) is 3.40. The quantitative estimate of drug-likeness (QED) is 0.663. The molecule has 2 N–H and O–H groups in total. The number of benzene rings is 1. The number of hydrogen-bond acceptors (Lipinski definition) is 4. The number of hydrogen-bond donors (Lipinski definition) is 1. The molecular weight excluding hydrogens is 327 g/mol. The van der Waals surface area contributed by atoms with E-state index in [1.54, 1.807) is 23.5 Å². The molecule has 0 saturated heterocycles. The number of rotatable bonds is 2. The summed E-state index contributed by atoms with van der Waals surface area (Å²) in [5.41, 5.74) is 8.76. The molecule has 0 aliphatic carbocycles. The third-order valence-corrected chi connectivity index (χ3v) is 5.21. The zero-order valence-electron chi connectivity index (χ0n) is 11.4. The number of anilines is 1. The summed E-state index contributed by atoms with van der Waals surface area (Å²) in [5.74, 6) is 0.999. The first-order valence-corrected chi connectivity index (χ1v) is 7.82. The van der Waals surface area contributed by atoms with Crippen molar-refractivity contribution >= 4 is 40.4 Å². The normalized spacial score (nSPS) is 11.0. The maximum absolute atomic E-state index is 6.09. The molecule has 0 radical (unpaired) electrons. The molecule has 0 fully saturated rings. The molecule has 2 aromatic heterocycles. The van der Waals surface area contributed by atoms with Crippen LogP contribution in [0.3, 0.4) is 0 Å². The van der Waals surface area contributed by atoms with E-state index >= 15 is 0 Å². The zero-order chi connectivity index (χ0) is 15.1. The van der Waals surface area contributed by atoms with Crippen LogP contribution in [-0.4, -0.2) is 5.16 Å². The molecule has 3 nitrogen and oxygen atoms in total. The summed E-state index contributed by atoms with van der Waals surface area (Å²) in [5, 5.41) is 4.87. The van der Waals surface area contributed by atoms with Gasteiger partial charge >= 0.3 is 0 Å². The zero-order valence-corrected chi connectivity index (χ0v) is 13.7. The van der Waals surface area contributed by atoms with Crippen molar-refractivity contribution in [3.63, 3.8) is 0 Å². The van der Waals surface area contributed by atoms with Gasteiger partial charge in [-0.1, -0.05) is 34.4 Å². The Bertz CT molecular complexity index is 804. The fraction of sp³-hybridized carbons (Fsp3) is 0.133. The van der Waals surface area contributed by atoms with E-state index in [0.717, 1.165) is 16.0 Å². The lowest BCUT2D eigenvalue weighted by molar-refractivity contribution is 0.437. The van der Waals surface area contributed by atoms with Gasteiger partial charge in [0.1, 0.15) is 0 Å². The van der Waals surface area contributed by atoms with Crippen molar-refractivity contribution < 1.29 is 4.52 Å². The topological polar surface area (TPSA) is 52.0 Å². The summed E-state index contributed by atoms with van der Waals surface area (Å²) in [4.78, 5) is 2.23. The van der Waals surface area contributed by atoms with Gasteiger partial charge in [0, 0.05) is 4.88 Å². The standard InChI is InChI=1S/C15H12Cl2N2OS/c1-7-5-12(21-8(7)2)14-13(15(18)19-20-14)9-3-4-10(16)11(17)6-9/h3-6H,1-2H3,(H2,18,19).